The molecule has 0 spiro atoms. The number of nitrogens with zero attached hydrogens (tertiary/aromatic N) is 2. The second-order valence-corrected chi connectivity index (χ2v) is 13.3. The fourth-order valence-corrected chi connectivity index (χ4v) is 8.08. The van der Waals surface area contributed by atoms with Crippen LogP contribution in [0.4, 0.5) is 0 Å². The number of aromatic nitrogens is 2. The van der Waals surface area contributed by atoms with Gasteiger partial charge in [-0.1, -0.05) is 111 Å². The van der Waals surface area contributed by atoms with Crippen molar-refractivity contribution >= 4 is 39.1 Å². The summed E-state index contributed by atoms with van der Waals surface area (Å²) in [6, 6.07) is 45.7. The van der Waals surface area contributed by atoms with Gasteiger partial charge in [-0.3, -0.25) is 4.57 Å². The third kappa shape index (κ3) is 3.90. The molecular weight excluding hydrogens is 612 g/mol. The summed E-state index contributed by atoms with van der Waals surface area (Å²) in [7, 11) is 0. The van der Waals surface area contributed by atoms with E-state index in [1.165, 1.54) is 58.7 Å². The first-order valence-electron chi connectivity index (χ1n) is 15.4. The van der Waals surface area contributed by atoms with Crippen molar-refractivity contribution < 1.29 is 0 Å². The minimum absolute atomic E-state index is 0.109. The van der Waals surface area contributed by atoms with Gasteiger partial charge in [-0.2, -0.15) is 0 Å². The molecule has 214 valence electrons. The fraction of sp³-hybridized carbons (Fsp3) is 0.0714. The Balaban J connectivity index is 1.24. The second kappa shape index (κ2) is 9.76. The molecule has 0 aliphatic heterocycles. The van der Waals surface area contributed by atoms with Crippen LogP contribution in [0.1, 0.15) is 36.1 Å². The molecule has 45 heavy (non-hydrogen) atoms. The highest BCUT2D eigenvalue weighted by Gasteiger charge is 2.31. The Labute approximate surface area is 270 Å². The molecule has 0 unspecified atom stereocenters. The maximum atomic E-state index is 5.08. The molecule has 0 fully saturated rings. The van der Waals surface area contributed by atoms with E-state index in [0.29, 0.717) is 0 Å². The van der Waals surface area contributed by atoms with Crippen molar-refractivity contribution in [2.75, 3.05) is 0 Å². The number of halogens is 1. The third-order valence-corrected chi connectivity index (χ3v) is 10.5. The zero-order chi connectivity index (χ0) is 30.3. The van der Waals surface area contributed by atoms with Crippen LogP contribution in [0.25, 0.3) is 51.4 Å². The third-order valence-electron chi connectivity index (χ3n) is 9.64. The molecule has 7 aromatic rings. The van der Waals surface area contributed by atoms with Crippen LogP contribution in [0.5, 0.6) is 0 Å². The predicted octanol–water partition coefficient (Wildman–Crippen LogP) is 9.02. The molecular formula is C42H29BrN2. The Bertz CT molecular complexity index is 2560. The number of benzene rings is 6. The van der Waals surface area contributed by atoms with E-state index in [1.54, 1.807) is 0 Å². The molecule has 0 saturated carbocycles. The van der Waals surface area contributed by atoms with Crippen LogP contribution in [0.2, 0.25) is 0 Å². The van der Waals surface area contributed by atoms with E-state index in [1.807, 2.05) is 0 Å². The largest absolute Gasteiger partial charge is 0.292 e. The Morgan fingerprint density at radius 1 is 0.667 bits per heavy atom. The number of hydrogen-bond acceptors (Lipinski definition) is 1. The topological polar surface area (TPSA) is 17.8 Å². The lowest BCUT2D eigenvalue weighted by molar-refractivity contribution is 0.628. The highest BCUT2D eigenvalue weighted by Crippen LogP contribution is 2.38. The van der Waals surface area contributed by atoms with E-state index in [0.717, 1.165) is 28.1 Å². The van der Waals surface area contributed by atoms with E-state index in [2.05, 4.69) is 174 Å². The monoisotopic (exact) mass is 640 g/mol. The fourth-order valence-electron chi connectivity index (χ4n) is 7.42. The average molecular weight is 642 g/mol. The Morgan fingerprint density at radius 2 is 1.40 bits per heavy atom. The first-order valence-corrected chi connectivity index (χ1v) is 16.2. The summed E-state index contributed by atoms with van der Waals surface area (Å²) in [4.78, 5) is 5.08. The Hall–Kier alpha value is -4.99. The van der Waals surface area contributed by atoms with Gasteiger partial charge in [0.15, 0.2) is 0 Å². The van der Waals surface area contributed by atoms with E-state index in [9.17, 15) is 0 Å². The number of fused-ring (bicyclic) bond motifs is 5. The SMILES string of the molecule is CC1(C)c2ccccc2C=c2c1cc1c(c2Br)C=c2cccc(-c3ccc(-c4nc5ccccc5n4-c4ccccc4)cc3)c2=1. The van der Waals surface area contributed by atoms with E-state index in [4.69, 9.17) is 4.98 Å². The first kappa shape index (κ1) is 26.4. The first-order chi connectivity index (χ1) is 22.0. The molecule has 6 aromatic carbocycles. The summed E-state index contributed by atoms with van der Waals surface area (Å²) in [5.74, 6) is 0.945. The maximum Gasteiger partial charge on any atom is 0.145 e. The van der Waals surface area contributed by atoms with Crippen molar-refractivity contribution in [3.05, 3.63) is 175 Å². The van der Waals surface area contributed by atoms with Crippen molar-refractivity contribution in [1.82, 2.24) is 9.55 Å². The minimum atomic E-state index is -0.109. The molecule has 0 radical (unpaired) electrons. The predicted molar refractivity (Wildman–Crippen MR) is 189 cm³/mol. The van der Waals surface area contributed by atoms with Gasteiger partial charge in [-0.05, 0) is 113 Å². The summed E-state index contributed by atoms with van der Waals surface area (Å²) >= 11 is 4.07. The lowest BCUT2D eigenvalue weighted by atomic mass is 9.72. The van der Waals surface area contributed by atoms with Gasteiger partial charge in [0.1, 0.15) is 5.82 Å². The van der Waals surface area contributed by atoms with Gasteiger partial charge in [0.05, 0.1) is 11.0 Å². The summed E-state index contributed by atoms with van der Waals surface area (Å²) in [5, 5.41) is 5.14. The minimum Gasteiger partial charge on any atom is -0.292 e. The molecule has 0 N–H and O–H groups in total. The lowest BCUT2D eigenvalue weighted by Crippen LogP contribution is -2.32. The van der Waals surface area contributed by atoms with E-state index in [-0.39, 0.29) is 5.41 Å². The smallest absolute Gasteiger partial charge is 0.145 e. The average Bonchev–Trinajstić information content (AvgIpc) is 3.65. The van der Waals surface area contributed by atoms with Crippen molar-refractivity contribution in [2.45, 2.75) is 19.3 Å². The summed E-state index contributed by atoms with van der Waals surface area (Å²) in [6.45, 7) is 4.70. The van der Waals surface area contributed by atoms with Gasteiger partial charge in [0.25, 0.3) is 0 Å². The summed E-state index contributed by atoms with van der Waals surface area (Å²) in [6.07, 6.45) is 4.69. The number of rotatable bonds is 3. The van der Waals surface area contributed by atoms with Crippen LogP contribution < -0.4 is 10.4 Å². The molecule has 0 saturated heterocycles. The molecule has 2 nitrogen and oxygen atoms in total. The van der Waals surface area contributed by atoms with Crippen molar-refractivity contribution in [1.29, 1.82) is 0 Å². The number of imidazole rings is 1. The Morgan fingerprint density at radius 3 is 2.24 bits per heavy atom. The molecule has 0 bridgehead atoms. The number of para-hydroxylation sites is 3. The van der Waals surface area contributed by atoms with E-state index >= 15 is 0 Å². The summed E-state index contributed by atoms with van der Waals surface area (Å²) in [5.41, 5.74) is 11.9. The molecule has 3 heteroatoms. The van der Waals surface area contributed by atoms with Gasteiger partial charge >= 0.3 is 0 Å². The van der Waals surface area contributed by atoms with Gasteiger partial charge in [-0.15, -0.1) is 0 Å². The quantitative estimate of drug-likeness (QED) is 0.188. The maximum absolute atomic E-state index is 5.08. The highest BCUT2D eigenvalue weighted by molar-refractivity contribution is 9.10. The molecule has 0 atom stereocenters. The van der Waals surface area contributed by atoms with Gasteiger partial charge in [-0.25, -0.2) is 4.98 Å². The van der Waals surface area contributed by atoms with Crippen molar-refractivity contribution in [3.8, 4) is 28.2 Å². The van der Waals surface area contributed by atoms with Crippen LogP contribution in [0.3, 0.4) is 0 Å². The molecule has 1 aromatic heterocycles. The zero-order valence-electron chi connectivity index (χ0n) is 25.1. The summed E-state index contributed by atoms with van der Waals surface area (Å²) < 4.78 is 3.43. The number of hydrogen-bond donors (Lipinski definition) is 0. The molecule has 2 aliphatic rings. The molecule has 9 rings (SSSR count). The standard InChI is InChI=1S/C42H29BrN2/c1-42(2)35-16-7-6-11-28(35)23-34-36(42)25-32-33(40(34)43)24-29-12-10-15-31(39(29)32)26-19-21-27(22-20-26)41-44-37-17-8-9-18-38(37)45(41)30-13-4-3-5-14-30/h3-25H,1-2H3. The van der Waals surface area contributed by atoms with Crippen LogP contribution in [-0.4, -0.2) is 9.55 Å². The zero-order valence-corrected chi connectivity index (χ0v) is 26.6. The molecule has 2 aliphatic carbocycles. The molecule has 1 heterocycles. The van der Waals surface area contributed by atoms with E-state index < -0.39 is 0 Å². The van der Waals surface area contributed by atoms with Gasteiger partial charge in [0, 0.05) is 21.1 Å². The van der Waals surface area contributed by atoms with Gasteiger partial charge in [0.2, 0.25) is 0 Å². The van der Waals surface area contributed by atoms with Crippen LogP contribution >= 0.6 is 15.9 Å². The second-order valence-electron chi connectivity index (χ2n) is 12.6. The van der Waals surface area contributed by atoms with Gasteiger partial charge < -0.3 is 0 Å². The van der Waals surface area contributed by atoms with Crippen molar-refractivity contribution in [2.24, 2.45) is 0 Å². The van der Waals surface area contributed by atoms with Crippen LogP contribution in [-0.2, 0) is 5.41 Å². The normalized spacial score (nSPS) is 13.8. The lowest BCUT2D eigenvalue weighted by Gasteiger charge is -2.32. The van der Waals surface area contributed by atoms with Crippen molar-refractivity contribution in [3.63, 3.8) is 0 Å². The van der Waals surface area contributed by atoms with Crippen LogP contribution in [0, 0.1) is 10.4 Å². The molecule has 0 amide bonds. The van der Waals surface area contributed by atoms with Crippen LogP contribution in [0.15, 0.2) is 132 Å². The Kier molecular flexibility index (Phi) is 5.73. The highest BCUT2D eigenvalue weighted by atomic mass is 79.9.